The van der Waals surface area contributed by atoms with Crippen LogP contribution in [-0.4, -0.2) is 20.9 Å². The minimum atomic E-state index is -0.626. The van der Waals surface area contributed by atoms with Gasteiger partial charge in [0.05, 0.1) is 20.3 Å². The molecule has 0 aliphatic rings. The molecule has 1 atom stereocenters. The van der Waals surface area contributed by atoms with Crippen LogP contribution in [-0.2, 0) is 0 Å². The Morgan fingerprint density at radius 2 is 1.71 bits per heavy atom. The van der Waals surface area contributed by atoms with Crippen molar-refractivity contribution in [3.05, 3.63) is 23.8 Å². The second kappa shape index (κ2) is 4.81. The maximum Gasteiger partial charge on any atom is 0.122 e. The van der Waals surface area contributed by atoms with Crippen LogP contribution in [0.4, 0.5) is 4.39 Å². The summed E-state index contributed by atoms with van der Waals surface area (Å²) < 4.78 is 22.4. The van der Waals surface area contributed by atoms with Crippen molar-refractivity contribution in [2.75, 3.05) is 20.9 Å². The van der Waals surface area contributed by atoms with Gasteiger partial charge in [0.15, 0.2) is 0 Å². The lowest BCUT2D eigenvalue weighted by molar-refractivity contribution is 0.389. The highest BCUT2D eigenvalue weighted by molar-refractivity contribution is 5.39. The lowest BCUT2D eigenvalue weighted by Crippen LogP contribution is -2.12. The number of methoxy groups -OCH3 is 2. The maximum atomic E-state index is 12.3. The second-order valence-corrected chi connectivity index (χ2v) is 2.91. The molecule has 0 radical (unpaired) electrons. The number of ether oxygens (including phenoxy) is 2. The van der Waals surface area contributed by atoms with Crippen molar-refractivity contribution in [1.82, 2.24) is 0 Å². The van der Waals surface area contributed by atoms with Gasteiger partial charge in [-0.15, -0.1) is 0 Å². The molecule has 2 N–H and O–H groups in total. The Bertz CT molecular complexity index is 282. The van der Waals surface area contributed by atoms with Gasteiger partial charge in [-0.05, 0) is 17.7 Å². The first-order valence-corrected chi connectivity index (χ1v) is 4.25. The van der Waals surface area contributed by atoms with E-state index < -0.39 is 12.7 Å². The number of hydrogen-bond donors (Lipinski definition) is 1. The van der Waals surface area contributed by atoms with Crippen molar-refractivity contribution >= 4 is 0 Å². The molecular weight excluding hydrogens is 185 g/mol. The molecule has 0 heterocycles. The molecule has 0 aliphatic heterocycles. The van der Waals surface area contributed by atoms with Gasteiger partial charge >= 0.3 is 0 Å². The van der Waals surface area contributed by atoms with E-state index in [4.69, 9.17) is 15.2 Å². The zero-order valence-electron chi connectivity index (χ0n) is 8.29. The van der Waals surface area contributed by atoms with E-state index in [1.165, 1.54) is 0 Å². The number of alkyl halides is 1. The highest BCUT2D eigenvalue weighted by atomic mass is 19.1. The average Bonchev–Trinajstić information content (AvgIpc) is 2.27. The minimum Gasteiger partial charge on any atom is -0.497 e. The zero-order chi connectivity index (χ0) is 10.6. The first-order chi connectivity index (χ1) is 6.71. The average molecular weight is 199 g/mol. The van der Waals surface area contributed by atoms with Gasteiger partial charge in [0, 0.05) is 6.07 Å². The van der Waals surface area contributed by atoms with E-state index in [0.717, 1.165) is 0 Å². The van der Waals surface area contributed by atoms with E-state index >= 15 is 0 Å². The molecule has 1 rings (SSSR count). The highest BCUT2D eigenvalue weighted by Gasteiger charge is 2.08. The third-order valence-electron chi connectivity index (χ3n) is 1.97. The van der Waals surface area contributed by atoms with E-state index in [-0.39, 0.29) is 0 Å². The topological polar surface area (TPSA) is 44.5 Å². The third-order valence-corrected chi connectivity index (χ3v) is 1.97. The predicted molar refractivity (Wildman–Crippen MR) is 52.4 cm³/mol. The molecule has 0 aromatic heterocycles. The molecule has 0 aliphatic carbocycles. The van der Waals surface area contributed by atoms with E-state index in [1.54, 1.807) is 32.4 Å². The summed E-state index contributed by atoms with van der Waals surface area (Å²) in [5, 5.41) is 0. The molecule has 0 amide bonds. The van der Waals surface area contributed by atoms with Gasteiger partial charge < -0.3 is 15.2 Å². The smallest absolute Gasteiger partial charge is 0.122 e. The summed E-state index contributed by atoms with van der Waals surface area (Å²) >= 11 is 0. The highest BCUT2D eigenvalue weighted by Crippen LogP contribution is 2.25. The molecule has 14 heavy (non-hydrogen) atoms. The molecule has 0 unspecified atom stereocenters. The second-order valence-electron chi connectivity index (χ2n) is 2.91. The van der Waals surface area contributed by atoms with Crippen LogP contribution in [0.5, 0.6) is 11.5 Å². The van der Waals surface area contributed by atoms with Gasteiger partial charge in [-0.2, -0.15) is 0 Å². The van der Waals surface area contributed by atoms with E-state index in [9.17, 15) is 4.39 Å². The first-order valence-electron chi connectivity index (χ1n) is 4.25. The van der Waals surface area contributed by atoms with E-state index in [1.807, 2.05) is 0 Å². The van der Waals surface area contributed by atoms with Crippen LogP contribution in [0.25, 0.3) is 0 Å². The Labute approximate surface area is 82.6 Å². The van der Waals surface area contributed by atoms with Crippen molar-refractivity contribution in [3.8, 4) is 11.5 Å². The summed E-state index contributed by atoms with van der Waals surface area (Å²) in [6, 6.07) is 4.49. The molecular formula is C10H14FNO2. The van der Waals surface area contributed by atoms with Crippen LogP contribution in [0.2, 0.25) is 0 Å². The monoisotopic (exact) mass is 199 g/mol. The van der Waals surface area contributed by atoms with Crippen LogP contribution in [0.3, 0.4) is 0 Å². The van der Waals surface area contributed by atoms with Crippen molar-refractivity contribution in [2.45, 2.75) is 6.04 Å². The Balaban J connectivity index is 3.04. The Kier molecular flexibility index (Phi) is 3.71. The van der Waals surface area contributed by atoms with Gasteiger partial charge in [-0.25, -0.2) is 4.39 Å². The molecule has 1 aromatic rings. The maximum absolute atomic E-state index is 12.3. The zero-order valence-corrected chi connectivity index (χ0v) is 8.29. The van der Waals surface area contributed by atoms with Crippen molar-refractivity contribution in [3.63, 3.8) is 0 Å². The van der Waals surface area contributed by atoms with E-state index in [2.05, 4.69) is 0 Å². The summed E-state index contributed by atoms with van der Waals surface area (Å²) in [7, 11) is 3.08. The summed E-state index contributed by atoms with van der Waals surface area (Å²) in [6.45, 7) is -0.601. The molecule has 78 valence electrons. The largest absolute Gasteiger partial charge is 0.497 e. The predicted octanol–water partition coefficient (Wildman–Crippen LogP) is 1.67. The van der Waals surface area contributed by atoms with Crippen molar-refractivity contribution < 1.29 is 13.9 Å². The normalized spacial score (nSPS) is 12.3. The Morgan fingerprint density at radius 1 is 1.21 bits per heavy atom. The van der Waals surface area contributed by atoms with Gasteiger partial charge in [0.1, 0.15) is 18.2 Å². The van der Waals surface area contributed by atoms with Gasteiger partial charge in [0.25, 0.3) is 0 Å². The standard InChI is InChI=1S/C10H14FNO2/c1-13-8-3-7(10(12)6-11)4-9(5-8)14-2/h3-5,10H,6,12H2,1-2H3/t10-/m0/s1. The lowest BCUT2D eigenvalue weighted by Gasteiger charge is -2.11. The van der Waals surface area contributed by atoms with Crippen LogP contribution in [0.1, 0.15) is 11.6 Å². The Morgan fingerprint density at radius 3 is 2.07 bits per heavy atom. The number of benzene rings is 1. The number of hydrogen-bond acceptors (Lipinski definition) is 3. The summed E-state index contributed by atoms with van der Waals surface area (Å²) in [6.07, 6.45) is 0. The molecule has 4 heteroatoms. The number of nitrogens with two attached hydrogens (primary N) is 1. The lowest BCUT2D eigenvalue weighted by atomic mass is 10.1. The Hall–Kier alpha value is -1.29. The van der Waals surface area contributed by atoms with Crippen molar-refractivity contribution in [1.29, 1.82) is 0 Å². The quantitative estimate of drug-likeness (QED) is 0.802. The minimum absolute atomic E-state index is 0.601. The fraction of sp³-hybridized carbons (Fsp3) is 0.400. The summed E-state index contributed by atoms with van der Waals surface area (Å²) in [4.78, 5) is 0. The van der Waals surface area contributed by atoms with Crippen LogP contribution in [0, 0.1) is 0 Å². The SMILES string of the molecule is COc1cc(OC)cc([C@@H](N)CF)c1. The van der Waals surface area contributed by atoms with Crippen LogP contribution < -0.4 is 15.2 Å². The first kappa shape index (κ1) is 10.8. The van der Waals surface area contributed by atoms with Gasteiger partial charge in [-0.3, -0.25) is 0 Å². The molecule has 0 fully saturated rings. The fourth-order valence-corrected chi connectivity index (χ4v) is 1.13. The number of halogens is 1. The van der Waals surface area contributed by atoms with Gasteiger partial charge in [0.2, 0.25) is 0 Å². The van der Waals surface area contributed by atoms with Crippen LogP contribution >= 0.6 is 0 Å². The van der Waals surface area contributed by atoms with Gasteiger partial charge in [-0.1, -0.05) is 0 Å². The molecule has 0 bridgehead atoms. The third kappa shape index (κ3) is 2.35. The molecule has 3 nitrogen and oxygen atoms in total. The summed E-state index contributed by atoms with van der Waals surface area (Å²) in [5.74, 6) is 1.23. The number of rotatable bonds is 4. The fourth-order valence-electron chi connectivity index (χ4n) is 1.13. The van der Waals surface area contributed by atoms with E-state index in [0.29, 0.717) is 17.1 Å². The van der Waals surface area contributed by atoms with Crippen LogP contribution in [0.15, 0.2) is 18.2 Å². The summed E-state index contributed by atoms with van der Waals surface area (Å²) in [5.41, 5.74) is 6.23. The molecule has 1 aromatic carbocycles. The van der Waals surface area contributed by atoms with Crippen molar-refractivity contribution in [2.24, 2.45) is 5.73 Å². The molecule has 0 saturated carbocycles. The molecule has 0 spiro atoms. The molecule has 0 saturated heterocycles.